The summed E-state index contributed by atoms with van der Waals surface area (Å²) in [6.45, 7) is 3.03. The van der Waals surface area contributed by atoms with E-state index < -0.39 is 13.9 Å². The summed E-state index contributed by atoms with van der Waals surface area (Å²) < 4.78 is 13.8. The zero-order chi connectivity index (χ0) is 6.78. The minimum Gasteiger partial charge on any atom is -0.756 e. The normalized spacial score (nSPS) is 16.6. The molecule has 0 saturated heterocycles. The Morgan fingerprint density at radius 3 is 2.00 bits per heavy atom. The molecule has 0 aromatic rings. The molecule has 4 nitrogen and oxygen atoms in total. The van der Waals surface area contributed by atoms with E-state index in [1.807, 2.05) is 0 Å². The van der Waals surface area contributed by atoms with Crippen molar-refractivity contribution in [2.45, 2.75) is 20.0 Å². The van der Waals surface area contributed by atoms with Crippen molar-refractivity contribution in [1.29, 1.82) is 0 Å². The molecule has 0 spiro atoms. The van der Waals surface area contributed by atoms with Crippen molar-refractivity contribution in [3.63, 3.8) is 0 Å². The van der Waals surface area contributed by atoms with E-state index in [1.54, 1.807) is 0 Å². The van der Waals surface area contributed by atoms with Gasteiger partial charge in [0.2, 0.25) is 0 Å². The number of phosphoric ester groups is 1. The fourth-order valence-corrected chi connectivity index (χ4v) is 0.799. The molecule has 1 atom stereocenters. The monoisotopic (exact) mass is 162 g/mol. The molecule has 0 aliphatic heterocycles. The third-order valence-electron chi connectivity index (χ3n) is 0.344. The van der Waals surface area contributed by atoms with Crippen LogP contribution in [0.4, 0.5) is 0 Å². The van der Waals surface area contributed by atoms with E-state index >= 15 is 0 Å². The van der Waals surface area contributed by atoms with Crippen molar-refractivity contribution in [2.24, 2.45) is 0 Å². The van der Waals surface area contributed by atoms with E-state index in [0.717, 1.165) is 0 Å². The second-order valence-corrected chi connectivity index (χ2v) is 2.77. The van der Waals surface area contributed by atoms with Crippen LogP contribution < -0.4 is 34.5 Å². The first-order chi connectivity index (χ1) is 3.42. The van der Waals surface area contributed by atoms with Crippen LogP contribution >= 0.6 is 7.82 Å². The zero-order valence-corrected chi connectivity index (χ0v) is 8.59. The van der Waals surface area contributed by atoms with Gasteiger partial charge in [0.05, 0.1) is 6.10 Å². The van der Waals surface area contributed by atoms with Crippen LogP contribution in [0.1, 0.15) is 13.8 Å². The molecule has 0 amide bonds. The van der Waals surface area contributed by atoms with Gasteiger partial charge in [0.1, 0.15) is 0 Å². The molecule has 9 heavy (non-hydrogen) atoms. The maximum absolute atomic E-state index is 9.80. The van der Waals surface area contributed by atoms with Gasteiger partial charge in [0, 0.05) is 0 Å². The number of rotatable bonds is 2. The predicted octanol–water partition coefficient (Wildman–Crippen LogP) is -3.12. The first kappa shape index (κ1) is 12.8. The average molecular weight is 162 g/mol. The van der Waals surface area contributed by atoms with Gasteiger partial charge < -0.3 is 14.3 Å². The third-order valence-corrected chi connectivity index (χ3v) is 1.03. The van der Waals surface area contributed by atoms with Crippen molar-refractivity contribution < 1.29 is 48.4 Å². The number of phosphoric acid groups is 1. The van der Waals surface area contributed by atoms with Crippen LogP contribution in [0.15, 0.2) is 0 Å². The van der Waals surface area contributed by atoms with Crippen LogP contribution in [0.2, 0.25) is 0 Å². The molecule has 0 aromatic carbocycles. The van der Waals surface area contributed by atoms with Crippen molar-refractivity contribution in [1.82, 2.24) is 0 Å². The van der Waals surface area contributed by atoms with Gasteiger partial charge in [-0.05, 0) is 13.8 Å². The summed E-state index contributed by atoms with van der Waals surface area (Å²) in [4.78, 5) is 17.8. The Morgan fingerprint density at radius 1 is 1.67 bits per heavy atom. The molecule has 0 rings (SSSR count). The molecule has 0 aromatic heterocycles. The molecule has 0 aliphatic rings. The second kappa shape index (κ2) is 4.85. The van der Waals surface area contributed by atoms with Gasteiger partial charge in [-0.2, -0.15) is 0 Å². The smallest absolute Gasteiger partial charge is 0.756 e. The van der Waals surface area contributed by atoms with Crippen molar-refractivity contribution in [3.05, 3.63) is 0 Å². The molecule has 0 bridgehead atoms. The summed E-state index contributed by atoms with van der Waals surface area (Å²) in [7, 11) is -4.47. The van der Waals surface area contributed by atoms with Crippen molar-refractivity contribution in [2.75, 3.05) is 0 Å². The summed E-state index contributed by atoms with van der Waals surface area (Å²) >= 11 is 0. The Morgan fingerprint density at radius 2 is 2.00 bits per heavy atom. The Bertz CT molecular complexity index is 108. The van der Waals surface area contributed by atoms with E-state index in [1.165, 1.54) is 13.8 Å². The second-order valence-electron chi connectivity index (χ2n) is 1.62. The predicted molar refractivity (Wildman–Crippen MR) is 26.0 cm³/mol. The van der Waals surface area contributed by atoms with Gasteiger partial charge in [0.15, 0.2) is 0 Å². The Labute approximate surface area is 76.1 Å². The Hall–Kier alpha value is 1.11. The largest absolute Gasteiger partial charge is 1.00 e. The van der Waals surface area contributed by atoms with Crippen LogP contribution in [-0.4, -0.2) is 11.0 Å². The van der Waals surface area contributed by atoms with Gasteiger partial charge in [0.25, 0.3) is 7.82 Å². The molecule has 0 fully saturated rings. The van der Waals surface area contributed by atoms with Crippen molar-refractivity contribution in [3.8, 4) is 0 Å². The minimum absolute atomic E-state index is 0. The summed E-state index contributed by atoms with van der Waals surface area (Å²) in [6, 6.07) is 0. The molecule has 0 heterocycles. The third kappa shape index (κ3) is 12.3. The first-order valence-electron chi connectivity index (χ1n) is 2.14. The van der Waals surface area contributed by atoms with Crippen LogP contribution in [0.3, 0.4) is 0 Å². The van der Waals surface area contributed by atoms with E-state index in [0.29, 0.717) is 0 Å². The van der Waals surface area contributed by atoms with E-state index in [-0.39, 0.29) is 29.6 Å². The molecule has 1 unspecified atom stereocenters. The fraction of sp³-hybridized carbons (Fsp3) is 1.00. The molecule has 1 N–H and O–H groups in total. The van der Waals surface area contributed by atoms with E-state index in [2.05, 4.69) is 4.52 Å². The maximum Gasteiger partial charge on any atom is 1.00 e. The summed E-state index contributed by atoms with van der Waals surface area (Å²) in [5.41, 5.74) is 0. The molecule has 0 saturated carbocycles. The topological polar surface area (TPSA) is 69.6 Å². The van der Waals surface area contributed by atoms with E-state index in [4.69, 9.17) is 4.89 Å². The summed E-state index contributed by atoms with van der Waals surface area (Å²) in [5.74, 6) is 0. The Kier molecular flexibility index (Phi) is 6.88. The maximum atomic E-state index is 9.80. The summed E-state index contributed by atoms with van der Waals surface area (Å²) in [5, 5.41) is 0. The SMILES string of the molecule is CC(C)OP(=O)([O-])O.[Na+]. The first-order valence-corrected chi connectivity index (χ1v) is 3.63. The quantitative estimate of drug-likeness (QED) is 0.344. The van der Waals surface area contributed by atoms with Crippen molar-refractivity contribution >= 4 is 7.82 Å². The number of hydrogen-bond donors (Lipinski definition) is 1. The standard InChI is InChI=1S/C3H9O4P.Na/c1-3(2)7-8(4,5)6;/h3H,1-2H3,(H2,4,5,6);/q;+1/p-1. The molecule has 0 aliphatic carbocycles. The van der Waals surface area contributed by atoms with Gasteiger partial charge in [-0.3, -0.25) is 4.57 Å². The van der Waals surface area contributed by atoms with E-state index in [9.17, 15) is 9.46 Å². The van der Waals surface area contributed by atoms with Crippen LogP contribution in [0, 0.1) is 0 Å². The fourth-order valence-electron chi connectivity index (χ4n) is 0.266. The van der Waals surface area contributed by atoms with Gasteiger partial charge in [-0.15, -0.1) is 0 Å². The molecular weight excluding hydrogens is 154 g/mol. The molecule has 0 radical (unpaired) electrons. The van der Waals surface area contributed by atoms with Gasteiger partial charge in [-0.1, -0.05) is 0 Å². The number of hydrogen-bond acceptors (Lipinski definition) is 3. The van der Waals surface area contributed by atoms with Gasteiger partial charge >= 0.3 is 29.6 Å². The molecule has 6 heteroatoms. The van der Waals surface area contributed by atoms with Crippen LogP contribution in [0.25, 0.3) is 0 Å². The minimum atomic E-state index is -4.47. The molecule has 50 valence electrons. The zero-order valence-electron chi connectivity index (χ0n) is 5.70. The molecular formula is C3H8NaO4P. The Balaban J connectivity index is 0. The van der Waals surface area contributed by atoms with Crippen LogP contribution in [-0.2, 0) is 9.09 Å². The summed E-state index contributed by atoms with van der Waals surface area (Å²) in [6.07, 6.45) is -0.483. The average Bonchev–Trinajstić information content (AvgIpc) is 1.21. The van der Waals surface area contributed by atoms with Crippen LogP contribution in [0.5, 0.6) is 0 Å². The van der Waals surface area contributed by atoms with Gasteiger partial charge in [-0.25, -0.2) is 0 Å².